The number of hydrogen-bond donors (Lipinski definition) is 2. The Bertz CT molecular complexity index is 1510. The molecule has 38 heavy (non-hydrogen) atoms. The van der Waals surface area contributed by atoms with Crippen molar-refractivity contribution in [1.82, 2.24) is 9.88 Å². The van der Waals surface area contributed by atoms with Gasteiger partial charge in [-0.1, -0.05) is 42.0 Å². The first-order valence-electron chi connectivity index (χ1n) is 12.2. The number of hydrogen-bond acceptors (Lipinski definition) is 6. The summed E-state index contributed by atoms with van der Waals surface area (Å²) in [5.41, 5.74) is 3.81. The van der Waals surface area contributed by atoms with Gasteiger partial charge in [-0.3, -0.25) is 14.6 Å². The number of carbonyl (C=O) groups is 2. The number of rotatable bonds is 7. The fourth-order valence-electron chi connectivity index (χ4n) is 4.60. The van der Waals surface area contributed by atoms with E-state index in [2.05, 4.69) is 4.98 Å². The van der Waals surface area contributed by atoms with Gasteiger partial charge in [0.25, 0.3) is 11.7 Å². The second-order valence-corrected chi connectivity index (χ2v) is 9.18. The summed E-state index contributed by atoms with van der Waals surface area (Å²) in [5, 5.41) is 21.4. The average molecular weight is 507 g/mol. The number of aromatic hydroxyl groups is 1. The van der Waals surface area contributed by atoms with Crippen LogP contribution in [0.25, 0.3) is 5.76 Å². The Kier molecular flexibility index (Phi) is 6.91. The number of carbonyl (C=O) groups excluding carboxylic acids is 2. The lowest BCUT2D eigenvalue weighted by molar-refractivity contribution is -0.140. The van der Waals surface area contributed by atoms with Crippen molar-refractivity contribution in [2.75, 3.05) is 0 Å². The van der Waals surface area contributed by atoms with Gasteiger partial charge in [0.05, 0.1) is 11.6 Å². The minimum absolute atomic E-state index is 0.00731. The third-order valence-electron chi connectivity index (χ3n) is 6.44. The number of ketones is 1. The van der Waals surface area contributed by atoms with E-state index in [9.17, 15) is 19.8 Å². The largest absolute Gasteiger partial charge is 0.508 e. The molecule has 1 atom stereocenters. The van der Waals surface area contributed by atoms with Crippen molar-refractivity contribution in [2.45, 2.75) is 26.1 Å². The first kappa shape index (κ1) is 24.8. The van der Waals surface area contributed by atoms with E-state index in [1.807, 2.05) is 31.2 Å². The second-order valence-electron chi connectivity index (χ2n) is 9.18. The van der Waals surface area contributed by atoms with Crippen LogP contribution in [0.4, 0.5) is 0 Å². The molecule has 1 fully saturated rings. The fraction of sp³-hybridized carbons (Fsp3) is 0.129. The Morgan fingerprint density at radius 1 is 0.921 bits per heavy atom. The molecule has 1 amide bonds. The molecule has 0 radical (unpaired) electrons. The number of phenols is 1. The SMILES string of the molecule is Cc1cccc(COc2ccc(C(O)=C3C(=O)C(=O)N(Cc4ccncc4)C3c3cccc(O)c3)cc2)c1. The summed E-state index contributed by atoms with van der Waals surface area (Å²) < 4.78 is 5.87. The first-order chi connectivity index (χ1) is 18.4. The molecule has 4 aromatic rings. The van der Waals surface area contributed by atoms with Crippen LogP contribution < -0.4 is 4.74 Å². The standard InChI is InChI=1S/C31H26N2O5/c1-20-4-2-5-22(16-20)19-38-26-10-8-23(9-11-26)29(35)27-28(24-6-3-7-25(34)17-24)33(31(37)30(27)36)18-21-12-14-32-15-13-21/h2-17,28,34-35H,18-19H2,1H3. The van der Waals surface area contributed by atoms with Crippen LogP contribution in [0.1, 0.15) is 33.9 Å². The van der Waals surface area contributed by atoms with Gasteiger partial charge >= 0.3 is 0 Å². The Balaban J connectivity index is 1.47. The molecular formula is C31H26N2O5. The van der Waals surface area contributed by atoms with Crippen LogP contribution in [0.15, 0.2) is 103 Å². The van der Waals surface area contributed by atoms with Crippen molar-refractivity contribution >= 4 is 17.4 Å². The number of phenolic OH excluding ortho intramolecular Hbond substituents is 1. The molecule has 1 unspecified atom stereocenters. The van der Waals surface area contributed by atoms with Gasteiger partial charge in [0, 0.05) is 24.5 Å². The molecule has 0 spiro atoms. The molecule has 0 saturated carbocycles. The highest BCUT2D eigenvalue weighted by atomic mass is 16.5. The molecule has 7 heteroatoms. The number of aliphatic hydroxyl groups excluding tert-OH is 1. The molecule has 1 aliphatic rings. The van der Waals surface area contributed by atoms with Crippen molar-refractivity contribution in [1.29, 1.82) is 0 Å². The third kappa shape index (κ3) is 5.13. The van der Waals surface area contributed by atoms with Gasteiger partial charge in [0.2, 0.25) is 0 Å². The topological polar surface area (TPSA) is 100.0 Å². The number of likely N-dealkylation sites (tertiary alicyclic amines) is 1. The van der Waals surface area contributed by atoms with Crippen molar-refractivity contribution in [3.05, 3.63) is 131 Å². The van der Waals surface area contributed by atoms with Crippen LogP contribution in [0, 0.1) is 6.92 Å². The lowest BCUT2D eigenvalue weighted by atomic mass is 9.95. The molecule has 1 aromatic heterocycles. The van der Waals surface area contributed by atoms with Crippen LogP contribution in [-0.4, -0.2) is 31.8 Å². The number of amides is 1. The van der Waals surface area contributed by atoms with Crippen LogP contribution in [0.2, 0.25) is 0 Å². The minimum Gasteiger partial charge on any atom is -0.508 e. The highest BCUT2D eigenvalue weighted by Gasteiger charge is 2.46. The van der Waals surface area contributed by atoms with Gasteiger partial charge in [0.15, 0.2) is 0 Å². The van der Waals surface area contributed by atoms with E-state index in [0.717, 1.165) is 16.7 Å². The highest BCUT2D eigenvalue weighted by molar-refractivity contribution is 6.46. The highest BCUT2D eigenvalue weighted by Crippen LogP contribution is 2.41. The summed E-state index contributed by atoms with van der Waals surface area (Å²) in [4.78, 5) is 31.8. The molecule has 2 N–H and O–H groups in total. The lowest BCUT2D eigenvalue weighted by Gasteiger charge is -2.25. The van der Waals surface area contributed by atoms with Crippen molar-refractivity contribution in [2.24, 2.45) is 0 Å². The van der Waals surface area contributed by atoms with E-state index in [0.29, 0.717) is 23.5 Å². The monoisotopic (exact) mass is 506 g/mol. The summed E-state index contributed by atoms with van der Waals surface area (Å²) >= 11 is 0. The molecule has 0 aliphatic carbocycles. The quantitative estimate of drug-likeness (QED) is 0.201. The molecule has 190 valence electrons. The Morgan fingerprint density at radius 2 is 1.66 bits per heavy atom. The molecule has 2 heterocycles. The average Bonchev–Trinajstić information content (AvgIpc) is 3.17. The fourth-order valence-corrected chi connectivity index (χ4v) is 4.60. The number of benzene rings is 3. The van der Waals surface area contributed by atoms with Crippen LogP contribution >= 0.6 is 0 Å². The minimum atomic E-state index is -0.882. The van der Waals surface area contributed by atoms with Gasteiger partial charge in [-0.05, 0) is 72.1 Å². The second kappa shape index (κ2) is 10.6. The lowest BCUT2D eigenvalue weighted by Crippen LogP contribution is -2.29. The van der Waals surface area contributed by atoms with E-state index in [1.54, 1.807) is 60.9 Å². The zero-order chi connectivity index (χ0) is 26.6. The molecule has 1 saturated heterocycles. The van der Waals surface area contributed by atoms with Crippen molar-refractivity contribution in [3.63, 3.8) is 0 Å². The maximum Gasteiger partial charge on any atom is 0.295 e. The predicted molar refractivity (Wildman–Crippen MR) is 142 cm³/mol. The third-order valence-corrected chi connectivity index (χ3v) is 6.44. The summed E-state index contributed by atoms with van der Waals surface area (Å²) in [5.74, 6) is -1.21. The van der Waals surface area contributed by atoms with E-state index < -0.39 is 17.7 Å². The summed E-state index contributed by atoms with van der Waals surface area (Å²) in [6, 6.07) is 23.7. The number of aliphatic hydroxyl groups is 1. The van der Waals surface area contributed by atoms with Gasteiger partial charge in [-0.25, -0.2) is 0 Å². The Labute approximate surface area is 220 Å². The molecule has 7 nitrogen and oxygen atoms in total. The maximum atomic E-state index is 13.2. The van der Waals surface area contributed by atoms with E-state index >= 15 is 0 Å². The van der Waals surface area contributed by atoms with Crippen LogP contribution in [-0.2, 0) is 22.7 Å². The molecule has 0 bridgehead atoms. The van der Waals surface area contributed by atoms with Gasteiger partial charge in [-0.15, -0.1) is 0 Å². The normalized spacial score (nSPS) is 16.6. The maximum absolute atomic E-state index is 13.2. The zero-order valence-electron chi connectivity index (χ0n) is 20.7. The molecule has 3 aromatic carbocycles. The Hall–Kier alpha value is -4.91. The van der Waals surface area contributed by atoms with Crippen molar-refractivity contribution in [3.8, 4) is 11.5 Å². The van der Waals surface area contributed by atoms with Crippen LogP contribution in [0.5, 0.6) is 11.5 Å². The first-order valence-corrected chi connectivity index (χ1v) is 12.2. The predicted octanol–water partition coefficient (Wildman–Crippen LogP) is 5.30. The number of ether oxygens (including phenoxy) is 1. The van der Waals surface area contributed by atoms with Crippen LogP contribution in [0.3, 0.4) is 0 Å². The number of nitrogens with zero attached hydrogens (tertiary/aromatic N) is 2. The number of aryl methyl sites for hydroxylation is 1. The van der Waals surface area contributed by atoms with Gasteiger partial charge < -0.3 is 19.8 Å². The summed E-state index contributed by atoms with van der Waals surface area (Å²) in [6.45, 7) is 2.55. The number of Topliss-reactive ketones (excluding diaryl/α,β-unsaturated/α-hetero) is 1. The molecular weight excluding hydrogens is 480 g/mol. The zero-order valence-corrected chi connectivity index (χ0v) is 20.7. The number of pyridine rings is 1. The van der Waals surface area contributed by atoms with Gasteiger partial charge in [-0.2, -0.15) is 0 Å². The van der Waals surface area contributed by atoms with E-state index in [4.69, 9.17) is 4.74 Å². The summed E-state index contributed by atoms with van der Waals surface area (Å²) in [7, 11) is 0. The van der Waals surface area contributed by atoms with E-state index in [-0.39, 0.29) is 23.6 Å². The molecule has 1 aliphatic heterocycles. The molecule has 5 rings (SSSR count). The Morgan fingerprint density at radius 3 is 2.37 bits per heavy atom. The van der Waals surface area contributed by atoms with Crippen molar-refractivity contribution < 1.29 is 24.5 Å². The summed E-state index contributed by atoms with van der Waals surface area (Å²) in [6.07, 6.45) is 3.22. The smallest absolute Gasteiger partial charge is 0.295 e. The van der Waals surface area contributed by atoms with Gasteiger partial charge in [0.1, 0.15) is 23.9 Å². The van der Waals surface area contributed by atoms with E-state index in [1.165, 1.54) is 17.0 Å². The number of aromatic nitrogens is 1.